The Morgan fingerprint density at radius 1 is 0.812 bits per heavy atom. The molecule has 1 saturated heterocycles. The number of hydrogen-bond acceptors (Lipinski definition) is 4. The zero-order chi connectivity index (χ0) is 22.7. The molecule has 1 aliphatic heterocycles. The number of hydrogen-bond donors (Lipinski definition) is 0. The smallest absolute Gasteiger partial charge is 0.343 e. The molecule has 0 N–H and O–H groups in total. The fourth-order valence-corrected chi connectivity index (χ4v) is 4.09. The molecule has 0 spiro atoms. The first-order valence-electron chi connectivity index (χ1n) is 9.97. The number of carbonyl (C=O) groups is 3. The van der Waals surface area contributed by atoms with Crippen molar-refractivity contribution in [3.05, 3.63) is 93.6 Å². The summed E-state index contributed by atoms with van der Waals surface area (Å²) in [6.45, 7) is 2.37. The molecule has 4 rings (SSSR count). The van der Waals surface area contributed by atoms with E-state index in [0.29, 0.717) is 29.3 Å². The summed E-state index contributed by atoms with van der Waals surface area (Å²) < 4.78 is 6.48. The molecule has 4 amide bonds. The maximum Gasteiger partial charge on any atom is 0.343 e. The molecule has 160 valence electrons. The third-order valence-corrected chi connectivity index (χ3v) is 5.42. The fraction of sp³-hybridized carbons (Fsp3) is 0.0800. The molecule has 0 aliphatic carbocycles. The summed E-state index contributed by atoms with van der Waals surface area (Å²) in [6.07, 6.45) is 1.51. The van der Waals surface area contributed by atoms with E-state index in [1.54, 1.807) is 66.7 Å². The van der Waals surface area contributed by atoms with E-state index in [4.69, 9.17) is 4.74 Å². The molecule has 3 aromatic carbocycles. The van der Waals surface area contributed by atoms with E-state index in [1.807, 2.05) is 19.1 Å². The van der Waals surface area contributed by atoms with E-state index >= 15 is 0 Å². The van der Waals surface area contributed by atoms with Gasteiger partial charge in [0, 0.05) is 3.57 Å². The first-order chi connectivity index (χ1) is 15.5. The highest BCUT2D eigenvalue weighted by Gasteiger charge is 2.43. The van der Waals surface area contributed by atoms with Crippen molar-refractivity contribution in [2.75, 3.05) is 16.4 Å². The highest BCUT2D eigenvalue weighted by atomic mass is 127. The van der Waals surface area contributed by atoms with Crippen molar-refractivity contribution in [3.63, 3.8) is 0 Å². The second-order valence-electron chi connectivity index (χ2n) is 6.95. The third-order valence-electron chi connectivity index (χ3n) is 4.79. The SMILES string of the molecule is CCOc1cc(I)cc(C=C2C(=O)N(c3ccccc3)C(=O)N(c3ccccc3)C2=O)c1. The lowest BCUT2D eigenvalue weighted by atomic mass is 10.0. The van der Waals surface area contributed by atoms with Crippen molar-refractivity contribution in [1.29, 1.82) is 0 Å². The number of amides is 4. The summed E-state index contributed by atoms with van der Waals surface area (Å²) in [7, 11) is 0. The summed E-state index contributed by atoms with van der Waals surface area (Å²) in [5.74, 6) is -0.705. The average molecular weight is 538 g/mol. The lowest BCUT2D eigenvalue weighted by molar-refractivity contribution is -0.121. The number of carbonyl (C=O) groups excluding carboxylic acids is 3. The van der Waals surface area contributed by atoms with Crippen LogP contribution >= 0.6 is 22.6 Å². The largest absolute Gasteiger partial charge is 0.494 e. The van der Waals surface area contributed by atoms with E-state index in [9.17, 15) is 14.4 Å². The van der Waals surface area contributed by atoms with Gasteiger partial charge < -0.3 is 4.74 Å². The minimum absolute atomic E-state index is 0.109. The first kappa shape index (κ1) is 21.8. The highest BCUT2D eigenvalue weighted by molar-refractivity contribution is 14.1. The molecular formula is C25H19IN2O4. The Labute approximate surface area is 199 Å². The predicted molar refractivity (Wildman–Crippen MR) is 132 cm³/mol. The van der Waals surface area contributed by atoms with Gasteiger partial charge in [0.15, 0.2) is 0 Å². The lowest BCUT2D eigenvalue weighted by Crippen LogP contribution is -2.57. The number of barbiturate groups is 1. The van der Waals surface area contributed by atoms with Crippen LogP contribution in [0.15, 0.2) is 84.4 Å². The maximum absolute atomic E-state index is 13.4. The molecule has 1 heterocycles. The van der Waals surface area contributed by atoms with Crippen LogP contribution in [0.2, 0.25) is 0 Å². The lowest BCUT2D eigenvalue weighted by Gasteiger charge is -2.33. The van der Waals surface area contributed by atoms with Crippen LogP contribution in [0.1, 0.15) is 12.5 Å². The van der Waals surface area contributed by atoms with Gasteiger partial charge in [0.05, 0.1) is 18.0 Å². The maximum atomic E-state index is 13.4. The molecule has 0 atom stereocenters. The number of nitrogens with zero attached hydrogens (tertiary/aromatic N) is 2. The van der Waals surface area contributed by atoms with Gasteiger partial charge in [-0.2, -0.15) is 0 Å². The number of anilines is 2. The number of rotatable bonds is 5. The zero-order valence-corrected chi connectivity index (χ0v) is 19.4. The minimum atomic E-state index is -0.716. The molecular weight excluding hydrogens is 519 g/mol. The molecule has 0 unspecified atom stereocenters. The van der Waals surface area contributed by atoms with Gasteiger partial charge in [0.1, 0.15) is 11.3 Å². The predicted octanol–water partition coefficient (Wildman–Crippen LogP) is 5.27. The van der Waals surface area contributed by atoms with Crippen LogP contribution in [0.3, 0.4) is 0 Å². The van der Waals surface area contributed by atoms with Crippen LogP contribution in [0.25, 0.3) is 6.08 Å². The number of benzene rings is 3. The molecule has 7 heteroatoms. The molecule has 1 fully saturated rings. The summed E-state index contributed by atoms with van der Waals surface area (Å²) in [6, 6.07) is 21.9. The first-order valence-corrected chi connectivity index (χ1v) is 11.1. The molecule has 0 saturated carbocycles. The van der Waals surface area contributed by atoms with Gasteiger partial charge in [0.2, 0.25) is 0 Å². The quantitative estimate of drug-likeness (QED) is 0.252. The van der Waals surface area contributed by atoms with E-state index in [1.165, 1.54) is 6.08 Å². The normalized spacial score (nSPS) is 14.1. The second-order valence-corrected chi connectivity index (χ2v) is 8.19. The summed E-state index contributed by atoms with van der Waals surface area (Å²) >= 11 is 2.15. The molecule has 0 radical (unpaired) electrons. The monoisotopic (exact) mass is 538 g/mol. The zero-order valence-electron chi connectivity index (χ0n) is 17.2. The van der Waals surface area contributed by atoms with Gasteiger partial charge in [-0.3, -0.25) is 9.59 Å². The number of ether oxygens (including phenoxy) is 1. The van der Waals surface area contributed by atoms with Gasteiger partial charge in [-0.15, -0.1) is 0 Å². The Morgan fingerprint density at radius 2 is 1.34 bits per heavy atom. The summed E-state index contributed by atoms with van der Waals surface area (Å²) in [5, 5.41) is 0. The Kier molecular flexibility index (Phi) is 6.36. The van der Waals surface area contributed by atoms with Crippen LogP contribution in [0.4, 0.5) is 16.2 Å². The summed E-state index contributed by atoms with van der Waals surface area (Å²) in [5.41, 5.74) is 1.30. The van der Waals surface area contributed by atoms with Crippen LogP contribution in [0.5, 0.6) is 5.75 Å². The van der Waals surface area contributed by atoms with Crippen LogP contribution in [-0.4, -0.2) is 24.5 Å². The van der Waals surface area contributed by atoms with Gasteiger partial charge in [-0.05, 0) is 83.6 Å². The van der Waals surface area contributed by atoms with Crippen molar-refractivity contribution < 1.29 is 19.1 Å². The van der Waals surface area contributed by atoms with E-state index in [0.717, 1.165) is 13.4 Å². The molecule has 3 aromatic rings. The third kappa shape index (κ3) is 4.29. The second kappa shape index (κ2) is 9.35. The molecule has 0 bridgehead atoms. The highest BCUT2D eigenvalue weighted by Crippen LogP contribution is 2.30. The Bertz CT molecular complexity index is 1150. The number of para-hydroxylation sites is 2. The van der Waals surface area contributed by atoms with Gasteiger partial charge in [-0.1, -0.05) is 36.4 Å². The van der Waals surface area contributed by atoms with E-state index in [2.05, 4.69) is 22.6 Å². The topological polar surface area (TPSA) is 66.9 Å². The van der Waals surface area contributed by atoms with Crippen molar-refractivity contribution in [2.45, 2.75) is 6.92 Å². The fourth-order valence-electron chi connectivity index (χ4n) is 3.42. The Balaban J connectivity index is 1.86. The van der Waals surface area contributed by atoms with Gasteiger partial charge in [-0.25, -0.2) is 14.6 Å². The van der Waals surface area contributed by atoms with Gasteiger partial charge in [0.25, 0.3) is 11.8 Å². The van der Waals surface area contributed by atoms with Crippen molar-refractivity contribution in [1.82, 2.24) is 0 Å². The average Bonchev–Trinajstić information content (AvgIpc) is 2.78. The number of urea groups is 1. The van der Waals surface area contributed by atoms with E-state index in [-0.39, 0.29) is 5.57 Å². The number of imide groups is 2. The van der Waals surface area contributed by atoms with Crippen molar-refractivity contribution in [2.24, 2.45) is 0 Å². The standard InChI is InChI=1S/C25H19IN2O4/c1-2-32-21-14-17(13-18(26)16-21)15-22-23(29)27(19-9-5-3-6-10-19)25(31)28(24(22)30)20-11-7-4-8-12-20/h3-16H,2H2,1H3. The minimum Gasteiger partial charge on any atom is -0.494 e. The molecule has 6 nitrogen and oxygen atoms in total. The van der Waals surface area contributed by atoms with Crippen LogP contribution < -0.4 is 14.5 Å². The molecule has 32 heavy (non-hydrogen) atoms. The summed E-state index contributed by atoms with van der Waals surface area (Å²) in [4.78, 5) is 42.1. The van der Waals surface area contributed by atoms with Crippen molar-refractivity contribution >= 4 is 57.9 Å². The Morgan fingerprint density at radius 3 is 1.84 bits per heavy atom. The van der Waals surface area contributed by atoms with Gasteiger partial charge >= 0.3 is 6.03 Å². The number of halogens is 1. The van der Waals surface area contributed by atoms with Crippen molar-refractivity contribution in [3.8, 4) is 5.75 Å². The van der Waals surface area contributed by atoms with E-state index < -0.39 is 17.8 Å². The van der Waals surface area contributed by atoms with Crippen LogP contribution in [0, 0.1) is 3.57 Å². The Hall–Kier alpha value is -3.46. The molecule has 0 aromatic heterocycles. The molecule has 1 aliphatic rings. The van der Waals surface area contributed by atoms with Crippen LogP contribution in [-0.2, 0) is 9.59 Å².